The minimum Gasteiger partial charge on any atom is -0.324 e. The van der Waals surface area contributed by atoms with Crippen LogP contribution in [0.5, 0.6) is 0 Å². The van der Waals surface area contributed by atoms with Gasteiger partial charge in [-0.3, -0.25) is 9.10 Å². The molecule has 1 unspecified atom stereocenters. The quantitative estimate of drug-likeness (QED) is 0.585. The van der Waals surface area contributed by atoms with Crippen molar-refractivity contribution >= 4 is 48.9 Å². The lowest BCUT2D eigenvalue weighted by molar-refractivity contribution is -0.116. The van der Waals surface area contributed by atoms with Gasteiger partial charge >= 0.3 is 0 Å². The number of anilines is 2. The summed E-state index contributed by atoms with van der Waals surface area (Å²) in [6, 6.07) is 10.8. The monoisotopic (exact) mass is 487 g/mol. The van der Waals surface area contributed by atoms with Gasteiger partial charge in [0.15, 0.2) is 0 Å². The number of hydrogen-bond donors (Lipinski definition) is 1. The van der Waals surface area contributed by atoms with Gasteiger partial charge in [-0.15, -0.1) is 0 Å². The molecule has 0 aliphatic heterocycles. The number of sulfonamides is 2. The lowest BCUT2D eigenvalue weighted by Gasteiger charge is -2.28. The second-order valence-electron chi connectivity index (χ2n) is 6.81. The van der Waals surface area contributed by atoms with E-state index in [0.29, 0.717) is 29.5 Å². The largest absolute Gasteiger partial charge is 0.324 e. The lowest BCUT2D eigenvalue weighted by Crippen LogP contribution is -2.45. The molecule has 0 aliphatic carbocycles. The Hall–Kier alpha value is -2.14. The Balaban J connectivity index is 2.24. The molecule has 0 aromatic heterocycles. The summed E-state index contributed by atoms with van der Waals surface area (Å²) in [4.78, 5) is 12.9. The highest BCUT2D eigenvalue weighted by Crippen LogP contribution is 2.24. The molecule has 0 saturated heterocycles. The average molecular weight is 488 g/mol. The number of carbonyl (C=O) groups excluding carboxylic acids is 1. The van der Waals surface area contributed by atoms with Gasteiger partial charge in [0.1, 0.15) is 6.04 Å². The van der Waals surface area contributed by atoms with Crippen LogP contribution < -0.4 is 9.62 Å². The van der Waals surface area contributed by atoms with Crippen LogP contribution in [0, 0.1) is 0 Å². The van der Waals surface area contributed by atoms with Crippen LogP contribution in [0.3, 0.4) is 0 Å². The maximum atomic E-state index is 12.8. The fourth-order valence-electron chi connectivity index (χ4n) is 3.07. The third-order valence-electron chi connectivity index (χ3n) is 4.63. The molecule has 1 N–H and O–H groups in total. The molecule has 0 fully saturated rings. The number of rotatable bonds is 9. The van der Waals surface area contributed by atoms with E-state index in [1.54, 1.807) is 13.8 Å². The zero-order valence-corrected chi connectivity index (χ0v) is 20.1. The van der Waals surface area contributed by atoms with E-state index in [1.165, 1.54) is 59.8 Å². The van der Waals surface area contributed by atoms with E-state index in [2.05, 4.69) is 5.32 Å². The van der Waals surface area contributed by atoms with Crippen molar-refractivity contribution in [2.75, 3.05) is 29.0 Å². The number of nitrogens with zero attached hydrogens (tertiary/aromatic N) is 2. The molecule has 0 saturated carbocycles. The predicted molar refractivity (Wildman–Crippen MR) is 123 cm³/mol. The molecular formula is C20H26ClN3O5S2. The van der Waals surface area contributed by atoms with Gasteiger partial charge in [0.05, 0.1) is 16.8 Å². The number of halogens is 1. The second kappa shape index (κ2) is 9.99. The fourth-order valence-corrected chi connectivity index (χ4v) is 5.83. The molecular weight excluding hydrogens is 462 g/mol. The van der Waals surface area contributed by atoms with Gasteiger partial charge in [-0.1, -0.05) is 25.4 Å². The molecule has 2 aromatic rings. The Bertz CT molecular complexity index is 1110. The number of amides is 1. The highest BCUT2D eigenvalue weighted by atomic mass is 35.5. The van der Waals surface area contributed by atoms with Crippen LogP contribution >= 0.6 is 11.6 Å². The zero-order chi connectivity index (χ0) is 23.4. The van der Waals surface area contributed by atoms with Crippen molar-refractivity contribution in [2.45, 2.75) is 31.7 Å². The van der Waals surface area contributed by atoms with Crippen LogP contribution in [-0.4, -0.2) is 52.4 Å². The maximum absolute atomic E-state index is 12.8. The van der Waals surface area contributed by atoms with Crippen molar-refractivity contribution in [1.29, 1.82) is 0 Å². The molecule has 31 heavy (non-hydrogen) atoms. The smallest absolute Gasteiger partial charge is 0.247 e. The van der Waals surface area contributed by atoms with Crippen molar-refractivity contribution in [3.05, 3.63) is 53.6 Å². The van der Waals surface area contributed by atoms with Gasteiger partial charge in [-0.05, 0) is 55.5 Å². The first-order chi connectivity index (χ1) is 14.4. The van der Waals surface area contributed by atoms with Crippen molar-refractivity contribution in [2.24, 2.45) is 0 Å². The molecule has 1 atom stereocenters. The minimum atomic E-state index is -3.76. The molecule has 0 heterocycles. The summed E-state index contributed by atoms with van der Waals surface area (Å²) >= 11 is 5.87. The number of nitrogens with one attached hydrogen (secondary N) is 1. The van der Waals surface area contributed by atoms with Gasteiger partial charge in [0.2, 0.25) is 26.0 Å². The van der Waals surface area contributed by atoms with Crippen LogP contribution in [0.15, 0.2) is 53.4 Å². The second-order valence-corrected chi connectivity index (χ2v) is 11.0. The molecule has 1 amide bonds. The van der Waals surface area contributed by atoms with Crippen molar-refractivity contribution in [1.82, 2.24) is 4.31 Å². The highest BCUT2D eigenvalue weighted by molar-refractivity contribution is 7.92. The van der Waals surface area contributed by atoms with E-state index in [1.807, 2.05) is 0 Å². The first-order valence-corrected chi connectivity index (χ1v) is 13.2. The summed E-state index contributed by atoms with van der Waals surface area (Å²) in [5.41, 5.74) is 0.648. The number of benzene rings is 2. The third kappa shape index (κ3) is 5.97. The molecule has 170 valence electrons. The Kier molecular flexibility index (Phi) is 8.09. The van der Waals surface area contributed by atoms with Crippen LogP contribution in [0.2, 0.25) is 5.02 Å². The number of carbonyl (C=O) groups is 1. The van der Waals surface area contributed by atoms with Crippen LogP contribution in [0.25, 0.3) is 0 Å². The highest BCUT2D eigenvalue weighted by Gasteiger charge is 2.29. The van der Waals surface area contributed by atoms with Gasteiger partial charge in [-0.2, -0.15) is 4.31 Å². The summed E-state index contributed by atoms with van der Waals surface area (Å²) < 4.78 is 52.1. The van der Waals surface area contributed by atoms with Gasteiger partial charge in [-0.25, -0.2) is 16.8 Å². The summed E-state index contributed by atoms with van der Waals surface area (Å²) in [5, 5.41) is 3.07. The predicted octanol–water partition coefficient (Wildman–Crippen LogP) is 3.16. The van der Waals surface area contributed by atoms with Crippen molar-refractivity contribution in [3.8, 4) is 0 Å². The van der Waals surface area contributed by atoms with Crippen LogP contribution in [-0.2, 0) is 24.8 Å². The van der Waals surface area contributed by atoms with Gasteiger partial charge < -0.3 is 5.32 Å². The van der Waals surface area contributed by atoms with Gasteiger partial charge in [0.25, 0.3) is 0 Å². The average Bonchev–Trinajstić information content (AvgIpc) is 2.69. The minimum absolute atomic E-state index is 0.112. The first kappa shape index (κ1) is 25.1. The Morgan fingerprint density at radius 3 is 1.94 bits per heavy atom. The molecule has 2 rings (SSSR count). The lowest BCUT2D eigenvalue weighted by atomic mass is 10.2. The summed E-state index contributed by atoms with van der Waals surface area (Å²) in [6.07, 6.45) is 1.01. The molecule has 0 bridgehead atoms. The van der Waals surface area contributed by atoms with Crippen LogP contribution in [0.4, 0.5) is 11.4 Å². The van der Waals surface area contributed by atoms with Crippen LogP contribution in [0.1, 0.15) is 20.8 Å². The Labute approximate surface area is 188 Å². The summed E-state index contributed by atoms with van der Waals surface area (Å²) in [5.74, 6) is -0.570. The number of hydrogen-bond acceptors (Lipinski definition) is 5. The standard InChI is InChI=1S/C20H26ClN3O5S2/c1-5-23(6-2)31(28,29)19-13-9-17(10-14-19)22-20(25)15(3)24(30(4,26)27)18-11-7-16(21)8-12-18/h7-15H,5-6H2,1-4H3,(H,22,25). The Morgan fingerprint density at radius 2 is 1.48 bits per heavy atom. The zero-order valence-electron chi connectivity index (χ0n) is 17.7. The van der Waals surface area contributed by atoms with E-state index in [-0.39, 0.29) is 4.90 Å². The van der Waals surface area contributed by atoms with E-state index in [4.69, 9.17) is 11.6 Å². The van der Waals surface area contributed by atoms with E-state index in [0.717, 1.165) is 10.6 Å². The summed E-state index contributed by atoms with van der Waals surface area (Å²) in [7, 11) is -7.38. The molecule has 0 radical (unpaired) electrons. The molecule has 11 heteroatoms. The van der Waals surface area contributed by atoms with Crippen molar-refractivity contribution < 1.29 is 21.6 Å². The van der Waals surface area contributed by atoms with Gasteiger partial charge in [0, 0.05) is 23.8 Å². The molecule has 8 nitrogen and oxygen atoms in total. The normalized spacial score (nSPS) is 13.1. The summed E-state index contributed by atoms with van der Waals surface area (Å²) in [6.45, 7) is 5.67. The first-order valence-electron chi connectivity index (χ1n) is 9.57. The molecule has 0 aliphatic rings. The van der Waals surface area contributed by atoms with E-state index < -0.39 is 32.0 Å². The van der Waals surface area contributed by atoms with Crippen molar-refractivity contribution in [3.63, 3.8) is 0 Å². The molecule has 0 spiro atoms. The van der Waals surface area contributed by atoms with E-state index >= 15 is 0 Å². The topological polar surface area (TPSA) is 104 Å². The SMILES string of the molecule is CCN(CC)S(=O)(=O)c1ccc(NC(=O)C(C)N(c2ccc(Cl)cc2)S(C)(=O)=O)cc1. The molecule has 2 aromatic carbocycles. The fraction of sp³-hybridized carbons (Fsp3) is 0.350. The Morgan fingerprint density at radius 1 is 0.968 bits per heavy atom. The van der Waals surface area contributed by atoms with E-state index in [9.17, 15) is 21.6 Å². The third-order valence-corrected chi connectivity index (χ3v) is 8.19. The maximum Gasteiger partial charge on any atom is 0.247 e.